The molecule has 26 heavy (non-hydrogen) atoms. The van der Waals surface area contributed by atoms with Crippen molar-refractivity contribution >= 4 is 5.91 Å². The van der Waals surface area contributed by atoms with Crippen LogP contribution < -0.4 is 15.4 Å². The molecule has 1 heterocycles. The molecule has 1 aromatic carbocycles. The lowest BCUT2D eigenvalue weighted by Crippen LogP contribution is -2.57. The molecule has 1 aromatic rings. The van der Waals surface area contributed by atoms with E-state index in [2.05, 4.69) is 10.6 Å². The van der Waals surface area contributed by atoms with Gasteiger partial charge in [-0.2, -0.15) is 13.2 Å². The number of piperazine rings is 1. The van der Waals surface area contributed by atoms with Gasteiger partial charge in [0, 0.05) is 38.3 Å². The molecule has 0 aromatic heterocycles. The topological polar surface area (TPSA) is 53.6 Å². The van der Waals surface area contributed by atoms with Crippen LogP contribution in [0.4, 0.5) is 13.2 Å². The van der Waals surface area contributed by atoms with E-state index in [1.54, 1.807) is 24.3 Å². The van der Waals surface area contributed by atoms with Crippen molar-refractivity contribution in [1.82, 2.24) is 15.5 Å². The number of nitrogens with zero attached hydrogens (tertiary/aromatic N) is 1. The summed E-state index contributed by atoms with van der Waals surface area (Å²) in [6, 6.07) is 4.74. The minimum absolute atomic E-state index is 0.0567. The van der Waals surface area contributed by atoms with Crippen molar-refractivity contribution in [3.8, 4) is 5.75 Å². The third kappa shape index (κ3) is 5.88. The van der Waals surface area contributed by atoms with E-state index in [9.17, 15) is 18.0 Å². The average molecular weight is 373 g/mol. The summed E-state index contributed by atoms with van der Waals surface area (Å²) >= 11 is 0. The Kier molecular flexibility index (Phi) is 7.28. The van der Waals surface area contributed by atoms with Crippen molar-refractivity contribution in [2.24, 2.45) is 0 Å². The summed E-state index contributed by atoms with van der Waals surface area (Å²) in [5.74, 6) is 0.106. The third-order valence-electron chi connectivity index (χ3n) is 4.45. The first kappa shape index (κ1) is 20.5. The summed E-state index contributed by atoms with van der Waals surface area (Å²) in [7, 11) is 0. The second-order valence-electron chi connectivity index (χ2n) is 6.41. The Morgan fingerprint density at radius 1 is 1.27 bits per heavy atom. The summed E-state index contributed by atoms with van der Waals surface area (Å²) in [6.45, 7) is 5.11. The second-order valence-corrected chi connectivity index (χ2v) is 6.41. The number of hydrogen-bond donors (Lipinski definition) is 2. The van der Waals surface area contributed by atoms with Gasteiger partial charge in [0.2, 0.25) is 0 Å². The number of ether oxygens (including phenoxy) is 1. The maximum absolute atomic E-state index is 13.3. The Morgan fingerprint density at radius 3 is 2.42 bits per heavy atom. The van der Waals surface area contributed by atoms with Gasteiger partial charge in [-0.05, 0) is 37.6 Å². The summed E-state index contributed by atoms with van der Waals surface area (Å²) in [6.07, 6.45) is -3.48. The standard InChI is InChI=1S/C18H26F3N3O2/c1-3-13(2)26-15-6-4-14(5-7-15)17(25)23-12-16(18(19,20)21)24-10-8-22-9-11-24/h4-7,13,16,22H,3,8-12H2,1-2H3,(H,23,25). The minimum Gasteiger partial charge on any atom is -0.491 e. The SMILES string of the molecule is CCC(C)Oc1ccc(C(=O)NCC(N2CCNCC2)C(F)(F)F)cc1. The average Bonchev–Trinajstić information content (AvgIpc) is 2.62. The van der Waals surface area contributed by atoms with Gasteiger partial charge >= 0.3 is 6.18 Å². The minimum atomic E-state index is -4.39. The fourth-order valence-electron chi connectivity index (χ4n) is 2.74. The molecule has 8 heteroatoms. The van der Waals surface area contributed by atoms with Gasteiger partial charge in [0.25, 0.3) is 5.91 Å². The third-order valence-corrected chi connectivity index (χ3v) is 4.45. The number of alkyl halides is 3. The number of carbonyl (C=O) groups excluding carboxylic acids is 1. The lowest BCUT2D eigenvalue weighted by molar-refractivity contribution is -0.183. The smallest absolute Gasteiger partial charge is 0.405 e. The first-order valence-electron chi connectivity index (χ1n) is 8.87. The molecule has 146 valence electrons. The Balaban J connectivity index is 1.94. The zero-order valence-electron chi connectivity index (χ0n) is 15.1. The van der Waals surface area contributed by atoms with Gasteiger partial charge in [-0.15, -0.1) is 0 Å². The molecule has 2 unspecified atom stereocenters. The molecule has 0 spiro atoms. The summed E-state index contributed by atoms with van der Waals surface area (Å²) in [5, 5.41) is 5.44. The number of benzene rings is 1. The number of rotatable bonds is 7. The molecule has 1 fully saturated rings. The number of hydrogen-bond acceptors (Lipinski definition) is 4. The molecule has 1 aliphatic rings. The van der Waals surface area contributed by atoms with Gasteiger partial charge in [0.05, 0.1) is 6.10 Å². The second kappa shape index (κ2) is 9.23. The van der Waals surface area contributed by atoms with Gasteiger partial charge in [-0.1, -0.05) is 6.92 Å². The normalized spacial score (nSPS) is 18.2. The van der Waals surface area contributed by atoms with Crippen molar-refractivity contribution in [2.45, 2.75) is 38.6 Å². The highest BCUT2D eigenvalue weighted by Crippen LogP contribution is 2.25. The van der Waals surface area contributed by atoms with Crippen LogP contribution in [-0.4, -0.2) is 61.9 Å². The number of halogens is 3. The monoisotopic (exact) mass is 373 g/mol. The van der Waals surface area contributed by atoms with Crippen molar-refractivity contribution in [2.75, 3.05) is 32.7 Å². The maximum atomic E-state index is 13.3. The van der Waals surface area contributed by atoms with Gasteiger partial charge in [0.15, 0.2) is 0 Å². The van der Waals surface area contributed by atoms with Crippen LogP contribution in [0.15, 0.2) is 24.3 Å². The highest BCUT2D eigenvalue weighted by atomic mass is 19.4. The fraction of sp³-hybridized carbons (Fsp3) is 0.611. The van der Waals surface area contributed by atoms with Crippen LogP contribution in [0.1, 0.15) is 30.6 Å². The molecule has 1 saturated heterocycles. The Labute approximate surface area is 151 Å². The molecule has 1 amide bonds. The largest absolute Gasteiger partial charge is 0.491 e. The number of amides is 1. The molecule has 2 N–H and O–H groups in total. The van der Waals surface area contributed by atoms with Crippen molar-refractivity contribution < 1.29 is 22.7 Å². The van der Waals surface area contributed by atoms with E-state index in [-0.39, 0.29) is 6.10 Å². The lowest BCUT2D eigenvalue weighted by Gasteiger charge is -2.35. The van der Waals surface area contributed by atoms with Gasteiger partial charge in [-0.3, -0.25) is 9.69 Å². The quantitative estimate of drug-likeness (QED) is 0.771. The van der Waals surface area contributed by atoms with Crippen LogP contribution >= 0.6 is 0 Å². The Bertz CT molecular complexity index is 572. The van der Waals surface area contributed by atoms with E-state index >= 15 is 0 Å². The van der Waals surface area contributed by atoms with E-state index in [4.69, 9.17) is 4.74 Å². The van der Waals surface area contributed by atoms with E-state index in [1.165, 1.54) is 4.90 Å². The Hall–Kier alpha value is -1.80. The van der Waals surface area contributed by atoms with Crippen molar-refractivity contribution in [3.63, 3.8) is 0 Å². The lowest BCUT2D eigenvalue weighted by atomic mass is 10.1. The van der Waals surface area contributed by atoms with E-state index in [0.29, 0.717) is 37.5 Å². The molecule has 0 radical (unpaired) electrons. The van der Waals surface area contributed by atoms with Gasteiger partial charge in [0.1, 0.15) is 11.8 Å². The van der Waals surface area contributed by atoms with E-state index in [0.717, 1.165) is 6.42 Å². The van der Waals surface area contributed by atoms with Crippen LogP contribution in [0.3, 0.4) is 0 Å². The van der Waals surface area contributed by atoms with Gasteiger partial charge in [-0.25, -0.2) is 0 Å². The van der Waals surface area contributed by atoms with Crippen molar-refractivity contribution in [3.05, 3.63) is 29.8 Å². The molecule has 0 bridgehead atoms. The first-order chi connectivity index (χ1) is 12.3. The number of carbonyl (C=O) groups is 1. The first-order valence-corrected chi connectivity index (χ1v) is 8.87. The molecule has 2 atom stereocenters. The van der Waals surface area contributed by atoms with E-state index < -0.39 is 24.7 Å². The summed E-state index contributed by atoms with van der Waals surface area (Å²) < 4.78 is 45.6. The van der Waals surface area contributed by atoms with Gasteiger partial charge < -0.3 is 15.4 Å². The van der Waals surface area contributed by atoms with Crippen LogP contribution in [-0.2, 0) is 0 Å². The Morgan fingerprint density at radius 2 is 1.88 bits per heavy atom. The molecule has 1 aliphatic heterocycles. The molecule has 0 saturated carbocycles. The zero-order chi connectivity index (χ0) is 19.2. The predicted octanol–water partition coefficient (Wildman–Crippen LogP) is 2.43. The molecule has 5 nitrogen and oxygen atoms in total. The van der Waals surface area contributed by atoms with Crippen LogP contribution in [0.5, 0.6) is 5.75 Å². The van der Waals surface area contributed by atoms with Crippen LogP contribution in [0.2, 0.25) is 0 Å². The summed E-state index contributed by atoms with van der Waals surface area (Å²) in [4.78, 5) is 13.6. The number of nitrogens with one attached hydrogen (secondary N) is 2. The molecular formula is C18H26F3N3O2. The summed E-state index contributed by atoms with van der Waals surface area (Å²) in [5.41, 5.74) is 0.308. The van der Waals surface area contributed by atoms with Crippen LogP contribution in [0, 0.1) is 0 Å². The molecule has 2 rings (SSSR count). The zero-order valence-corrected chi connectivity index (χ0v) is 15.1. The predicted molar refractivity (Wildman–Crippen MR) is 93.4 cm³/mol. The van der Waals surface area contributed by atoms with Crippen LogP contribution in [0.25, 0.3) is 0 Å². The van der Waals surface area contributed by atoms with E-state index in [1.807, 2.05) is 13.8 Å². The fourth-order valence-corrected chi connectivity index (χ4v) is 2.74. The highest BCUT2D eigenvalue weighted by molar-refractivity contribution is 5.94. The maximum Gasteiger partial charge on any atom is 0.405 e. The van der Waals surface area contributed by atoms with Crippen molar-refractivity contribution in [1.29, 1.82) is 0 Å². The molecular weight excluding hydrogens is 347 g/mol. The molecule has 0 aliphatic carbocycles. The highest BCUT2D eigenvalue weighted by Gasteiger charge is 2.43.